The standard InChI is InChI=1S/C19H23N3O/c1-15(21(2)3)13-22-12-11-17-18(22)9-10-19(20-17)23-14-16-7-5-4-6-8-16/h4-12,15H,13-14H2,1-3H3/t15-/m1/s1. The van der Waals surface area contributed by atoms with Crippen LogP contribution in [-0.4, -0.2) is 34.6 Å². The van der Waals surface area contributed by atoms with E-state index in [0.717, 1.165) is 23.1 Å². The van der Waals surface area contributed by atoms with Gasteiger partial charge < -0.3 is 14.2 Å². The fraction of sp³-hybridized carbons (Fsp3) is 0.316. The lowest BCUT2D eigenvalue weighted by Gasteiger charge is -2.20. The van der Waals surface area contributed by atoms with Crippen molar-refractivity contribution in [3.05, 3.63) is 60.3 Å². The highest BCUT2D eigenvalue weighted by molar-refractivity contribution is 5.76. The molecule has 3 rings (SSSR count). The third kappa shape index (κ3) is 3.71. The average Bonchev–Trinajstić information content (AvgIpc) is 2.96. The summed E-state index contributed by atoms with van der Waals surface area (Å²) in [5.41, 5.74) is 3.26. The number of nitrogens with zero attached hydrogens (tertiary/aromatic N) is 3. The largest absolute Gasteiger partial charge is 0.473 e. The minimum Gasteiger partial charge on any atom is -0.473 e. The van der Waals surface area contributed by atoms with Crippen molar-refractivity contribution in [2.45, 2.75) is 26.1 Å². The van der Waals surface area contributed by atoms with Crippen LogP contribution in [0.2, 0.25) is 0 Å². The number of aromatic nitrogens is 2. The smallest absolute Gasteiger partial charge is 0.214 e. The first kappa shape index (κ1) is 15.6. The Morgan fingerprint density at radius 2 is 1.87 bits per heavy atom. The molecule has 4 heteroatoms. The highest BCUT2D eigenvalue weighted by Crippen LogP contribution is 2.19. The third-order valence-corrected chi connectivity index (χ3v) is 4.17. The summed E-state index contributed by atoms with van der Waals surface area (Å²) in [6, 6.07) is 16.7. The summed E-state index contributed by atoms with van der Waals surface area (Å²) in [6.45, 7) is 3.71. The third-order valence-electron chi connectivity index (χ3n) is 4.17. The summed E-state index contributed by atoms with van der Waals surface area (Å²) >= 11 is 0. The van der Waals surface area contributed by atoms with Crippen LogP contribution in [0.3, 0.4) is 0 Å². The van der Waals surface area contributed by atoms with Crippen LogP contribution in [0.25, 0.3) is 11.0 Å². The molecule has 0 fully saturated rings. The van der Waals surface area contributed by atoms with Crippen molar-refractivity contribution in [3.8, 4) is 5.88 Å². The van der Waals surface area contributed by atoms with Crippen molar-refractivity contribution in [1.82, 2.24) is 14.5 Å². The molecule has 0 radical (unpaired) electrons. The molecule has 4 nitrogen and oxygen atoms in total. The number of hydrogen-bond acceptors (Lipinski definition) is 3. The van der Waals surface area contributed by atoms with Crippen molar-refractivity contribution in [1.29, 1.82) is 0 Å². The molecule has 0 aliphatic carbocycles. The molecule has 0 aliphatic rings. The number of rotatable bonds is 6. The molecule has 0 bridgehead atoms. The van der Waals surface area contributed by atoms with E-state index in [0.29, 0.717) is 18.5 Å². The molecule has 2 heterocycles. The molecular formula is C19H23N3O. The quantitative estimate of drug-likeness (QED) is 0.697. The number of likely N-dealkylation sites (N-methyl/N-ethyl adjacent to an activating group) is 1. The first-order valence-corrected chi connectivity index (χ1v) is 7.92. The normalized spacial score (nSPS) is 12.7. The Kier molecular flexibility index (Phi) is 4.63. The highest BCUT2D eigenvalue weighted by atomic mass is 16.5. The van der Waals surface area contributed by atoms with Crippen LogP contribution in [0.5, 0.6) is 5.88 Å². The molecule has 0 spiro atoms. The van der Waals surface area contributed by atoms with Crippen LogP contribution in [0.15, 0.2) is 54.7 Å². The molecular weight excluding hydrogens is 286 g/mol. The van der Waals surface area contributed by atoms with Gasteiger partial charge in [0.25, 0.3) is 0 Å². The van der Waals surface area contributed by atoms with Gasteiger partial charge in [0, 0.05) is 24.8 Å². The Bertz CT molecular complexity index is 765. The minimum absolute atomic E-state index is 0.472. The predicted molar refractivity (Wildman–Crippen MR) is 93.7 cm³/mol. The molecule has 23 heavy (non-hydrogen) atoms. The summed E-state index contributed by atoms with van der Waals surface area (Å²) in [5.74, 6) is 0.666. The van der Waals surface area contributed by atoms with Crippen LogP contribution in [0, 0.1) is 0 Å². The minimum atomic E-state index is 0.472. The van der Waals surface area contributed by atoms with Gasteiger partial charge in [-0.3, -0.25) is 0 Å². The zero-order valence-corrected chi connectivity index (χ0v) is 13.9. The Morgan fingerprint density at radius 1 is 1.09 bits per heavy atom. The molecule has 1 atom stereocenters. The second-order valence-corrected chi connectivity index (χ2v) is 6.11. The van der Waals surface area contributed by atoms with E-state index >= 15 is 0 Å². The van der Waals surface area contributed by atoms with Crippen molar-refractivity contribution in [2.75, 3.05) is 14.1 Å². The molecule has 0 N–H and O–H groups in total. The Labute approximate surface area is 137 Å². The van der Waals surface area contributed by atoms with Crippen LogP contribution in [0.4, 0.5) is 0 Å². The van der Waals surface area contributed by atoms with Gasteiger partial charge in [-0.25, -0.2) is 4.98 Å². The average molecular weight is 309 g/mol. The van der Waals surface area contributed by atoms with Crippen LogP contribution < -0.4 is 4.74 Å². The van der Waals surface area contributed by atoms with Gasteiger partial charge in [-0.2, -0.15) is 0 Å². The van der Waals surface area contributed by atoms with Crippen LogP contribution in [-0.2, 0) is 13.2 Å². The monoisotopic (exact) mass is 309 g/mol. The van der Waals surface area contributed by atoms with E-state index in [1.165, 1.54) is 0 Å². The van der Waals surface area contributed by atoms with Crippen LogP contribution in [0.1, 0.15) is 12.5 Å². The van der Waals surface area contributed by atoms with Gasteiger partial charge in [-0.15, -0.1) is 0 Å². The summed E-state index contributed by atoms with van der Waals surface area (Å²) in [4.78, 5) is 6.83. The lowest BCUT2D eigenvalue weighted by molar-refractivity contribution is 0.286. The maximum Gasteiger partial charge on any atom is 0.214 e. The number of pyridine rings is 1. The lowest BCUT2D eigenvalue weighted by atomic mass is 10.2. The molecule has 2 aromatic heterocycles. The van der Waals surface area contributed by atoms with E-state index in [-0.39, 0.29) is 0 Å². The van der Waals surface area contributed by atoms with Crippen molar-refractivity contribution >= 4 is 11.0 Å². The summed E-state index contributed by atoms with van der Waals surface area (Å²) in [5, 5.41) is 0. The first-order chi connectivity index (χ1) is 11.1. The highest BCUT2D eigenvalue weighted by Gasteiger charge is 2.09. The fourth-order valence-corrected chi connectivity index (χ4v) is 2.47. The molecule has 1 aromatic carbocycles. The Hall–Kier alpha value is -2.33. The Morgan fingerprint density at radius 3 is 2.61 bits per heavy atom. The molecule has 3 aromatic rings. The van der Waals surface area contributed by atoms with E-state index in [4.69, 9.17) is 4.74 Å². The van der Waals surface area contributed by atoms with Gasteiger partial charge >= 0.3 is 0 Å². The molecule has 0 saturated heterocycles. The number of hydrogen-bond donors (Lipinski definition) is 0. The van der Waals surface area contributed by atoms with Gasteiger partial charge in [0.05, 0.1) is 11.0 Å². The lowest BCUT2D eigenvalue weighted by Crippen LogP contribution is -2.28. The molecule has 0 saturated carbocycles. The molecule has 0 unspecified atom stereocenters. The number of fused-ring (bicyclic) bond motifs is 1. The van der Waals surface area contributed by atoms with E-state index in [1.54, 1.807) is 0 Å². The van der Waals surface area contributed by atoms with Crippen molar-refractivity contribution in [2.24, 2.45) is 0 Å². The maximum atomic E-state index is 5.80. The topological polar surface area (TPSA) is 30.3 Å². The first-order valence-electron chi connectivity index (χ1n) is 7.92. The fourth-order valence-electron chi connectivity index (χ4n) is 2.47. The molecule has 120 valence electrons. The SMILES string of the molecule is C[C@H](Cn1ccc2nc(OCc3ccccc3)ccc21)N(C)C. The number of ether oxygens (including phenoxy) is 1. The van der Waals surface area contributed by atoms with E-state index in [2.05, 4.69) is 59.9 Å². The Balaban J connectivity index is 1.73. The molecule has 0 aliphatic heterocycles. The summed E-state index contributed by atoms with van der Waals surface area (Å²) < 4.78 is 8.04. The zero-order valence-electron chi connectivity index (χ0n) is 13.9. The van der Waals surface area contributed by atoms with E-state index in [9.17, 15) is 0 Å². The van der Waals surface area contributed by atoms with Crippen LogP contribution >= 0.6 is 0 Å². The van der Waals surface area contributed by atoms with Crippen molar-refractivity contribution < 1.29 is 4.74 Å². The number of benzene rings is 1. The zero-order chi connectivity index (χ0) is 16.2. The predicted octanol–water partition coefficient (Wildman–Crippen LogP) is 3.57. The summed E-state index contributed by atoms with van der Waals surface area (Å²) in [6.07, 6.45) is 2.10. The van der Waals surface area contributed by atoms with Gasteiger partial charge in [-0.05, 0) is 38.7 Å². The van der Waals surface area contributed by atoms with Gasteiger partial charge in [-0.1, -0.05) is 30.3 Å². The molecule has 0 amide bonds. The van der Waals surface area contributed by atoms with Gasteiger partial charge in [0.15, 0.2) is 0 Å². The summed E-state index contributed by atoms with van der Waals surface area (Å²) in [7, 11) is 4.20. The second-order valence-electron chi connectivity index (χ2n) is 6.11. The van der Waals surface area contributed by atoms with E-state index < -0.39 is 0 Å². The van der Waals surface area contributed by atoms with Gasteiger partial charge in [0.1, 0.15) is 6.61 Å². The van der Waals surface area contributed by atoms with Gasteiger partial charge in [0.2, 0.25) is 5.88 Å². The second kappa shape index (κ2) is 6.84. The van der Waals surface area contributed by atoms with Crippen molar-refractivity contribution in [3.63, 3.8) is 0 Å². The maximum absolute atomic E-state index is 5.80. The van der Waals surface area contributed by atoms with E-state index in [1.807, 2.05) is 30.3 Å².